The van der Waals surface area contributed by atoms with Crippen LogP contribution in [0.25, 0.3) is 0 Å². The van der Waals surface area contributed by atoms with Crippen LogP contribution >= 0.6 is 15.9 Å². The van der Waals surface area contributed by atoms with Crippen LogP contribution in [-0.2, 0) is 23.8 Å². The lowest BCUT2D eigenvalue weighted by Crippen LogP contribution is -2.13. The maximum atomic E-state index is 11.1. The number of hydrogen-bond acceptors (Lipinski definition) is 9. The predicted molar refractivity (Wildman–Crippen MR) is 287 cm³/mol. The van der Waals surface area contributed by atoms with E-state index in [2.05, 4.69) is 72.0 Å². The molecule has 1 aromatic carbocycles. The summed E-state index contributed by atoms with van der Waals surface area (Å²) in [7, 11) is 1.44. The van der Waals surface area contributed by atoms with Gasteiger partial charge >= 0.3 is 18.0 Å². The van der Waals surface area contributed by atoms with Crippen molar-refractivity contribution >= 4 is 39.6 Å². The molecule has 0 fully saturated rings. The molecule has 0 atom stereocenters. The van der Waals surface area contributed by atoms with E-state index in [1.807, 2.05) is 42.5 Å². The zero-order chi connectivity index (χ0) is 50.8. The van der Waals surface area contributed by atoms with Crippen molar-refractivity contribution in [3.63, 3.8) is 0 Å². The Morgan fingerprint density at radius 2 is 0.955 bits per heavy atom. The van der Waals surface area contributed by atoms with Gasteiger partial charge in [-0.3, -0.25) is 14.9 Å². The zero-order valence-corrected chi connectivity index (χ0v) is 43.3. The molecule has 0 saturated heterocycles. The predicted octanol–water partition coefficient (Wildman–Crippen LogP) is 14.9. The van der Waals surface area contributed by atoms with E-state index in [4.69, 9.17) is 24.8 Å². The third-order valence-corrected chi connectivity index (χ3v) is 8.83. The third-order valence-electron chi connectivity index (χ3n) is 8.27. The highest BCUT2D eigenvalue weighted by Crippen LogP contribution is 2.10. The number of aliphatic hydroxyl groups is 3. The SMILES string of the molecule is C=CCCCCBr.C=CCCCCCCCCC(=O)OC.C=CCCCCCCCCCO.C=CCCCCOC(C)=O.C=CCCO.C=CCCOC(=O)Nc1ccccc1.C=CCO. The number of unbranched alkanes of at least 4 members (excludes halogenated alkanes) is 17. The Kier molecular flexibility index (Phi) is 83.9. The molecule has 66 heavy (non-hydrogen) atoms. The number of rotatable bonds is 34. The van der Waals surface area contributed by atoms with Gasteiger partial charge in [-0.25, -0.2) is 4.79 Å². The molecule has 0 aliphatic rings. The first-order valence-corrected chi connectivity index (χ1v) is 25.0. The van der Waals surface area contributed by atoms with E-state index in [9.17, 15) is 14.4 Å². The van der Waals surface area contributed by atoms with E-state index in [1.165, 1.54) is 97.2 Å². The first kappa shape index (κ1) is 73.5. The Morgan fingerprint density at radius 3 is 1.33 bits per heavy atom. The molecule has 0 unspecified atom stereocenters. The van der Waals surface area contributed by atoms with Crippen molar-refractivity contribution in [2.75, 3.05) is 50.8 Å². The molecule has 4 N–H and O–H groups in total. The van der Waals surface area contributed by atoms with Crippen LogP contribution in [0.4, 0.5) is 10.5 Å². The summed E-state index contributed by atoms with van der Waals surface area (Å²) in [5.74, 6) is -0.282. The Labute approximate surface area is 412 Å². The summed E-state index contributed by atoms with van der Waals surface area (Å²) in [5.41, 5.74) is 0.733. The van der Waals surface area contributed by atoms with Crippen molar-refractivity contribution < 1.29 is 43.9 Å². The van der Waals surface area contributed by atoms with Gasteiger partial charge in [0.25, 0.3) is 0 Å². The minimum atomic E-state index is -0.432. The van der Waals surface area contributed by atoms with Crippen LogP contribution in [0.1, 0.15) is 161 Å². The minimum Gasteiger partial charge on any atom is -0.469 e. The number of carbonyl (C=O) groups excluding carboxylic acids is 3. The topological polar surface area (TPSA) is 152 Å². The van der Waals surface area contributed by atoms with Crippen molar-refractivity contribution in [3.05, 3.63) is 119 Å². The van der Waals surface area contributed by atoms with E-state index >= 15 is 0 Å². The molecular weight excluding hydrogens is 899 g/mol. The summed E-state index contributed by atoms with van der Waals surface area (Å²) in [6.07, 6.45) is 39.0. The quantitative estimate of drug-likeness (QED) is 0.0174. The molecule has 0 aliphatic carbocycles. The number of hydrogen-bond donors (Lipinski definition) is 4. The average Bonchev–Trinajstić information content (AvgIpc) is 3.32. The van der Waals surface area contributed by atoms with Gasteiger partial charge in [-0.05, 0) is 102 Å². The fourth-order valence-corrected chi connectivity index (χ4v) is 5.04. The molecular formula is C55H96BrNO9. The van der Waals surface area contributed by atoms with Crippen LogP contribution in [0, 0.1) is 0 Å². The van der Waals surface area contributed by atoms with Crippen LogP contribution in [0.3, 0.4) is 0 Å². The number of esters is 2. The van der Waals surface area contributed by atoms with Crippen molar-refractivity contribution in [2.24, 2.45) is 0 Å². The Morgan fingerprint density at radius 1 is 0.530 bits per heavy atom. The van der Waals surface area contributed by atoms with Gasteiger partial charge in [0.15, 0.2) is 0 Å². The van der Waals surface area contributed by atoms with Gasteiger partial charge in [0.05, 0.1) is 26.9 Å². The lowest BCUT2D eigenvalue weighted by Gasteiger charge is -2.04. The van der Waals surface area contributed by atoms with Gasteiger partial charge in [-0.15, -0.1) is 46.1 Å². The second-order valence-corrected chi connectivity index (χ2v) is 15.2. The number of benzene rings is 1. The summed E-state index contributed by atoms with van der Waals surface area (Å²) in [6, 6.07) is 9.18. The fourth-order valence-electron chi connectivity index (χ4n) is 4.64. The summed E-state index contributed by atoms with van der Waals surface area (Å²) < 4.78 is 14.1. The first-order valence-electron chi connectivity index (χ1n) is 23.9. The molecule has 10 nitrogen and oxygen atoms in total. The second kappa shape index (κ2) is 75.3. The largest absolute Gasteiger partial charge is 0.469 e. The van der Waals surface area contributed by atoms with Gasteiger partial charge in [0.2, 0.25) is 0 Å². The number of carbonyl (C=O) groups is 3. The lowest BCUT2D eigenvalue weighted by molar-refractivity contribution is -0.141. The summed E-state index contributed by atoms with van der Waals surface area (Å²) >= 11 is 3.35. The van der Waals surface area contributed by atoms with E-state index in [0.717, 1.165) is 68.8 Å². The molecule has 0 saturated carbocycles. The van der Waals surface area contributed by atoms with E-state index < -0.39 is 6.09 Å². The fraction of sp³-hybridized carbons (Fsp3) is 0.582. The number of alkyl halides is 1. The number of anilines is 1. The maximum absolute atomic E-state index is 11.1. The summed E-state index contributed by atoms with van der Waals surface area (Å²) in [4.78, 5) is 32.1. The van der Waals surface area contributed by atoms with Crippen molar-refractivity contribution in [1.82, 2.24) is 0 Å². The summed E-state index contributed by atoms with van der Waals surface area (Å²) in [6.45, 7) is 27.7. The number of allylic oxidation sites excluding steroid dienone is 4. The van der Waals surface area contributed by atoms with Crippen molar-refractivity contribution in [1.29, 1.82) is 0 Å². The first-order chi connectivity index (χ1) is 32.1. The van der Waals surface area contributed by atoms with Crippen molar-refractivity contribution in [2.45, 2.75) is 161 Å². The lowest BCUT2D eigenvalue weighted by atomic mass is 10.1. The van der Waals surface area contributed by atoms with Crippen molar-refractivity contribution in [3.8, 4) is 0 Å². The Balaban J connectivity index is -0.000000165. The van der Waals surface area contributed by atoms with Gasteiger partial charge in [-0.1, -0.05) is 134 Å². The number of aliphatic hydroxyl groups excluding tert-OH is 3. The standard InChI is InChI=1S/C12H22O2.C11H13NO2.C11H22O.C8H14O2.C6H11Br.C4H8O.C3H6O/c1-3-4-5-6-7-8-9-10-11-12(13)14-2;1-2-3-9-14-11(13)12-10-7-5-4-6-8-10;1-2-3-4-5-6-7-8-9-10-11-12;1-3-4-5-6-7-10-8(2)9;1-2-3-4-5-6-7;1-2-3-4-5;1-2-3-4/h3H,1,4-11H2,2H3;2,4-8H,1,3,9H2,(H,12,13);2,12H,1,3-11H2;3H,1,4-7H2,2H3;2H,1,3-6H2;2,5H,1,3-4H2;2,4H,1,3H2. The van der Waals surface area contributed by atoms with E-state index in [0.29, 0.717) is 39.1 Å². The number of ether oxygens (including phenoxy) is 3. The number of halogens is 1. The second-order valence-electron chi connectivity index (χ2n) is 14.4. The number of nitrogens with one attached hydrogen (secondary N) is 1. The van der Waals surface area contributed by atoms with Crippen LogP contribution in [0.5, 0.6) is 0 Å². The van der Waals surface area contributed by atoms with Gasteiger partial charge in [0.1, 0.15) is 0 Å². The average molecular weight is 995 g/mol. The summed E-state index contributed by atoms with van der Waals surface area (Å²) in [5, 5.41) is 28.0. The highest BCUT2D eigenvalue weighted by atomic mass is 79.9. The molecule has 0 aromatic heterocycles. The molecule has 0 spiro atoms. The molecule has 1 aromatic rings. The minimum absolute atomic E-state index is 0.0833. The zero-order valence-electron chi connectivity index (χ0n) is 41.8. The molecule has 382 valence electrons. The monoisotopic (exact) mass is 994 g/mol. The molecule has 0 radical (unpaired) electrons. The van der Waals surface area contributed by atoms with Gasteiger partial charge in [-0.2, -0.15) is 0 Å². The van der Waals surface area contributed by atoms with Gasteiger partial charge in [0, 0.05) is 37.6 Å². The van der Waals surface area contributed by atoms with Crippen LogP contribution < -0.4 is 5.32 Å². The number of amides is 1. The van der Waals surface area contributed by atoms with E-state index in [-0.39, 0.29) is 25.2 Å². The normalized spacial score (nSPS) is 9.06. The smallest absolute Gasteiger partial charge is 0.411 e. The maximum Gasteiger partial charge on any atom is 0.411 e. The highest BCUT2D eigenvalue weighted by Gasteiger charge is 2.01. The van der Waals surface area contributed by atoms with Crippen LogP contribution in [-0.4, -0.2) is 78.8 Å². The number of methoxy groups -OCH3 is 1. The van der Waals surface area contributed by atoms with Gasteiger partial charge < -0.3 is 29.5 Å². The van der Waals surface area contributed by atoms with E-state index in [1.54, 1.807) is 24.3 Å². The Bertz CT molecular complexity index is 1190. The molecule has 0 heterocycles. The van der Waals surface area contributed by atoms with Crippen LogP contribution in [0.15, 0.2) is 119 Å². The molecule has 11 heteroatoms. The highest BCUT2D eigenvalue weighted by molar-refractivity contribution is 9.09. The molecule has 1 rings (SSSR count). The Hall–Kier alpha value is -4.03. The molecule has 0 aliphatic heterocycles. The number of para-hydroxylation sites is 1. The molecule has 0 bridgehead atoms. The molecule has 1 amide bonds. The van der Waals surface area contributed by atoms with Crippen LogP contribution in [0.2, 0.25) is 0 Å². The third kappa shape index (κ3) is 90.6.